The summed E-state index contributed by atoms with van der Waals surface area (Å²) >= 11 is 3.94. The van der Waals surface area contributed by atoms with Gasteiger partial charge < -0.3 is 0 Å². The Labute approximate surface area is 323 Å². The molecule has 0 aromatic heterocycles. The molecule has 5 heteroatoms. The molecule has 0 spiro atoms. The minimum atomic E-state index is -1.02. The second kappa shape index (κ2) is 17.8. The molecule has 53 heavy (non-hydrogen) atoms. The molecule has 7 rings (SSSR count). The summed E-state index contributed by atoms with van der Waals surface area (Å²) in [5.74, 6) is 0.228. The molecule has 0 bridgehead atoms. The van der Waals surface area contributed by atoms with Gasteiger partial charge in [-0.3, -0.25) is 9.59 Å². The van der Waals surface area contributed by atoms with E-state index in [1.807, 2.05) is 84.9 Å². The number of rotatable bonds is 14. The van der Waals surface area contributed by atoms with Gasteiger partial charge in [-0.15, -0.1) is 0 Å². The van der Waals surface area contributed by atoms with Crippen molar-refractivity contribution in [3.8, 4) is 0 Å². The third-order valence-corrected chi connectivity index (χ3v) is 15.5. The second-order valence-electron chi connectivity index (χ2n) is 12.9. The predicted octanol–water partition coefficient (Wildman–Crippen LogP) is 11.3. The van der Waals surface area contributed by atoms with Crippen LogP contribution < -0.4 is 21.2 Å². The molecule has 0 N–H and O–H groups in total. The Morgan fingerprint density at radius 3 is 0.943 bits per heavy atom. The van der Waals surface area contributed by atoms with Crippen LogP contribution in [0, 0.1) is 0 Å². The van der Waals surface area contributed by atoms with Crippen LogP contribution in [0.15, 0.2) is 205 Å². The standard InChI is InChI=1S/C48H39BrO2P2/c49-40-32-38(47(34-45(50)36-19-7-1-8-20-36)52(41-23-11-3-12-24-41)42-25-13-4-14-26-42)31-39(33-40)48(35-46(51)37-21-9-2-10-22-37)53(43-27-15-5-16-28-43)44-29-17-6-18-30-44/h1-33,47-48H,34-35H2/t47-,48-/m0/s1. The Balaban J connectivity index is 1.42. The molecule has 0 aliphatic heterocycles. The molecule has 7 aromatic carbocycles. The third-order valence-electron chi connectivity index (χ3n) is 9.42. The van der Waals surface area contributed by atoms with E-state index in [0.29, 0.717) is 24.0 Å². The Hall–Kier alpha value is -4.78. The molecule has 0 aliphatic rings. The Kier molecular flexibility index (Phi) is 12.3. The fraction of sp³-hybridized carbons (Fsp3) is 0.0833. The largest absolute Gasteiger partial charge is 0.294 e. The van der Waals surface area contributed by atoms with Crippen LogP contribution in [-0.2, 0) is 0 Å². The first kappa shape index (κ1) is 36.6. The summed E-state index contributed by atoms with van der Waals surface area (Å²) in [6.45, 7) is 0. The van der Waals surface area contributed by atoms with Crippen molar-refractivity contribution in [1.29, 1.82) is 0 Å². The monoisotopic (exact) mass is 788 g/mol. The Morgan fingerprint density at radius 2 is 0.660 bits per heavy atom. The highest BCUT2D eigenvalue weighted by Crippen LogP contribution is 2.56. The van der Waals surface area contributed by atoms with Crippen LogP contribution in [0.4, 0.5) is 0 Å². The SMILES string of the molecule is O=C(C[C@@H](c1cc(Br)cc([C@H](CC(=O)c2ccccc2)P(c2ccccc2)c2ccccc2)c1)P(c1ccccc1)c1ccccc1)c1ccccc1. The minimum absolute atomic E-state index is 0.114. The summed E-state index contributed by atoms with van der Waals surface area (Å²) < 4.78 is 0.937. The number of carbonyl (C=O) groups is 2. The number of halogens is 1. The van der Waals surface area contributed by atoms with Crippen molar-refractivity contribution in [1.82, 2.24) is 0 Å². The summed E-state index contributed by atoms with van der Waals surface area (Å²) in [7, 11) is -2.03. The summed E-state index contributed by atoms with van der Waals surface area (Å²) in [5, 5.41) is 4.86. The van der Waals surface area contributed by atoms with E-state index in [1.165, 1.54) is 21.2 Å². The highest BCUT2D eigenvalue weighted by Gasteiger charge is 2.33. The summed E-state index contributed by atoms with van der Waals surface area (Å²) in [4.78, 5) is 28.5. The maximum Gasteiger partial charge on any atom is 0.163 e. The Bertz CT molecular complexity index is 2000. The fourth-order valence-electron chi connectivity index (χ4n) is 6.94. The molecule has 7 aromatic rings. The van der Waals surface area contributed by atoms with Crippen molar-refractivity contribution >= 4 is 64.6 Å². The van der Waals surface area contributed by atoms with E-state index in [9.17, 15) is 9.59 Å². The number of hydrogen-bond donors (Lipinski definition) is 0. The fourth-order valence-corrected chi connectivity index (χ4v) is 13.1. The van der Waals surface area contributed by atoms with E-state index in [4.69, 9.17) is 0 Å². The highest BCUT2D eigenvalue weighted by molar-refractivity contribution is 9.10. The van der Waals surface area contributed by atoms with Gasteiger partial charge in [0.05, 0.1) is 0 Å². The molecule has 0 radical (unpaired) electrons. The maximum atomic E-state index is 14.2. The highest BCUT2D eigenvalue weighted by atomic mass is 79.9. The first-order valence-electron chi connectivity index (χ1n) is 17.8. The van der Waals surface area contributed by atoms with Gasteiger partial charge in [-0.25, -0.2) is 0 Å². The number of ketones is 2. The predicted molar refractivity (Wildman–Crippen MR) is 229 cm³/mol. The maximum absolute atomic E-state index is 14.2. The normalized spacial score (nSPS) is 12.4. The quantitative estimate of drug-likeness (QED) is 0.0812. The molecule has 0 amide bonds. The molecule has 2 nitrogen and oxygen atoms in total. The first-order valence-corrected chi connectivity index (χ1v) is 21.4. The zero-order valence-corrected chi connectivity index (χ0v) is 32.6. The van der Waals surface area contributed by atoms with Gasteiger partial charge in [0.2, 0.25) is 0 Å². The van der Waals surface area contributed by atoms with Gasteiger partial charge in [0.15, 0.2) is 11.6 Å². The molecule has 260 valence electrons. The topological polar surface area (TPSA) is 34.1 Å². The van der Waals surface area contributed by atoms with Crippen LogP contribution in [0.3, 0.4) is 0 Å². The Morgan fingerprint density at radius 1 is 0.396 bits per heavy atom. The van der Waals surface area contributed by atoms with E-state index < -0.39 is 15.8 Å². The van der Waals surface area contributed by atoms with Crippen molar-refractivity contribution < 1.29 is 9.59 Å². The average Bonchev–Trinajstić information content (AvgIpc) is 3.22. The van der Waals surface area contributed by atoms with E-state index >= 15 is 0 Å². The van der Waals surface area contributed by atoms with Crippen LogP contribution in [-0.4, -0.2) is 11.6 Å². The van der Waals surface area contributed by atoms with Crippen LogP contribution in [0.2, 0.25) is 0 Å². The molecule has 0 fully saturated rings. The van der Waals surface area contributed by atoms with Crippen molar-refractivity contribution in [2.75, 3.05) is 0 Å². The van der Waals surface area contributed by atoms with Crippen molar-refractivity contribution in [3.05, 3.63) is 227 Å². The summed E-state index contributed by atoms with van der Waals surface area (Å²) in [5.41, 5.74) is 3.34. The lowest BCUT2D eigenvalue weighted by atomic mass is 9.97. The lowest BCUT2D eigenvalue weighted by Crippen LogP contribution is -2.21. The molecular weight excluding hydrogens is 750 g/mol. The van der Waals surface area contributed by atoms with Crippen LogP contribution >= 0.6 is 31.8 Å². The van der Waals surface area contributed by atoms with Crippen molar-refractivity contribution in [2.24, 2.45) is 0 Å². The average molecular weight is 790 g/mol. The smallest absolute Gasteiger partial charge is 0.163 e. The minimum Gasteiger partial charge on any atom is -0.294 e. The van der Waals surface area contributed by atoms with Crippen LogP contribution in [0.1, 0.15) is 56.0 Å². The van der Waals surface area contributed by atoms with Gasteiger partial charge in [-0.1, -0.05) is 204 Å². The van der Waals surface area contributed by atoms with E-state index in [1.54, 1.807) is 0 Å². The van der Waals surface area contributed by atoms with E-state index in [0.717, 1.165) is 15.6 Å². The van der Waals surface area contributed by atoms with Gasteiger partial charge in [-0.2, -0.15) is 0 Å². The zero-order valence-electron chi connectivity index (χ0n) is 29.2. The number of benzene rings is 7. The van der Waals surface area contributed by atoms with Crippen molar-refractivity contribution in [3.63, 3.8) is 0 Å². The molecular formula is C48H39BrO2P2. The first-order chi connectivity index (χ1) is 26.0. The molecule has 0 unspecified atom stereocenters. The van der Waals surface area contributed by atoms with Crippen LogP contribution in [0.25, 0.3) is 0 Å². The van der Waals surface area contributed by atoms with Gasteiger partial charge in [0, 0.05) is 39.8 Å². The number of Topliss-reactive ketones (excluding diaryl/α,β-unsaturated/α-hetero) is 2. The number of carbonyl (C=O) groups excluding carboxylic acids is 2. The molecule has 0 saturated carbocycles. The molecule has 0 aliphatic carbocycles. The summed E-state index contributed by atoms with van der Waals surface area (Å²) in [6.07, 6.45) is 0.685. The number of hydrogen-bond acceptors (Lipinski definition) is 2. The van der Waals surface area contributed by atoms with E-state index in [-0.39, 0.29) is 22.9 Å². The third kappa shape index (κ3) is 9.06. The van der Waals surface area contributed by atoms with Crippen molar-refractivity contribution in [2.45, 2.75) is 24.2 Å². The molecule has 2 atom stereocenters. The van der Waals surface area contributed by atoms with Gasteiger partial charge in [0.25, 0.3) is 0 Å². The van der Waals surface area contributed by atoms with Crippen LogP contribution in [0.5, 0.6) is 0 Å². The zero-order chi connectivity index (χ0) is 36.4. The lowest BCUT2D eigenvalue weighted by Gasteiger charge is -2.32. The lowest BCUT2D eigenvalue weighted by molar-refractivity contribution is 0.0974. The van der Waals surface area contributed by atoms with Gasteiger partial charge >= 0.3 is 0 Å². The van der Waals surface area contributed by atoms with Gasteiger partial charge in [-0.05, 0) is 60.3 Å². The molecule has 0 saturated heterocycles. The second-order valence-corrected chi connectivity index (χ2v) is 18.6. The molecule has 0 heterocycles. The summed E-state index contributed by atoms with van der Waals surface area (Å²) in [6, 6.07) is 68.5. The van der Waals surface area contributed by atoms with Gasteiger partial charge in [0.1, 0.15) is 0 Å². The van der Waals surface area contributed by atoms with E-state index in [2.05, 4.69) is 131 Å².